The molecule has 0 aromatic heterocycles. The summed E-state index contributed by atoms with van der Waals surface area (Å²) in [5.74, 6) is 0. The summed E-state index contributed by atoms with van der Waals surface area (Å²) in [5, 5.41) is 1.32. The first-order chi connectivity index (χ1) is 10.6. The van der Waals surface area contributed by atoms with Crippen LogP contribution in [0.1, 0.15) is 51.4 Å². The number of unbranched alkanes of at least 4 members (excludes halogenated alkanes) is 7. The SMILES string of the molecule is O=S(=O)([O-])OCCCCCCCCCC[Se]c1ccccc1.[Na+]. The van der Waals surface area contributed by atoms with Crippen LogP contribution in [-0.4, -0.2) is 34.5 Å². The molecule has 0 saturated heterocycles. The van der Waals surface area contributed by atoms with E-state index in [9.17, 15) is 13.0 Å². The molecule has 0 amide bonds. The first-order valence-electron chi connectivity index (χ1n) is 7.86. The monoisotopic (exact) mass is 416 g/mol. The molecule has 0 N–H and O–H groups in total. The van der Waals surface area contributed by atoms with E-state index in [4.69, 9.17) is 0 Å². The van der Waals surface area contributed by atoms with Gasteiger partial charge < -0.3 is 4.55 Å². The third-order valence-corrected chi connectivity index (χ3v) is 6.04. The van der Waals surface area contributed by atoms with Crippen LogP contribution in [-0.2, 0) is 14.6 Å². The molecule has 0 bridgehead atoms. The van der Waals surface area contributed by atoms with E-state index in [0.717, 1.165) is 12.8 Å². The summed E-state index contributed by atoms with van der Waals surface area (Å²) in [6, 6.07) is 10.7. The zero-order chi connectivity index (χ0) is 16.1. The molecule has 7 heteroatoms. The van der Waals surface area contributed by atoms with Crippen molar-refractivity contribution in [3.63, 3.8) is 0 Å². The van der Waals surface area contributed by atoms with Crippen molar-refractivity contribution in [2.75, 3.05) is 6.61 Å². The first-order valence-corrected chi connectivity index (χ1v) is 11.3. The zero-order valence-electron chi connectivity index (χ0n) is 13.9. The Morgan fingerprint density at radius 1 is 0.870 bits per heavy atom. The minimum Gasteiger partial charge on any atom is 1.00 e. The number of benzene rings is 1. The van der Waals surface area contributed by atoms with Crippen LogP contribution in [0, 0.1) is 0 Å². The molecule has 0 spiro atoms. The van der Waals surface area contributed by atoms with Gasteiger partial charge in [0.05, 0.1) is 0 Å². The summed E-state index contributed by atoms with van der Waals surface area (Å²) < 4.78 is 36.3. The van der Waals surface area contributed by atoms with E-state index in [1.807, 2.05) is 0 Å². The second-order valence-electron chi connectivity index (χ2n) is 5.22. The van der Waals surface area contributed by atoms with Gasteiger partial charge in [0, 0.05) is 0 Å². The molecular weight excluding hydrogens is 390 g/mol. The Balaban J connectivity index is 0.00000484. The average molecular weight is 415 g/mol. The zero-order valence-corrected chi connectivity index (χ0v) is 18.4. The molecule has 0 saturated carbocycles. The number of hydrogen-bond donors (Lipinski definition) is 0. The first kappa shape index (κ1) is 23.6. The number of rotatable bonds is 13. The van der Waals surface area contributed by atoms with E-state index in [2.05, 4.69) is 34.5 Å². The van der Waals surface area contributed by atoms with E-state index in [1.165, 1.54) is 41.9 Å². The Hall–Kier alpha value is 0.609. The topological polar surface area (TPSA) is 66.4 Å². The molecule has 0 heterocycles. The normalized spacial score (nSPS) is 11.2. The maximum absolute atomic E-state index is 10.2. The van der Waals surface area contributed by atoms with Crippen molar-refractivity contribution in [2.45, 2.75) is 56.7 Å². The molecule has 0 unspecified atom stereocenters. The van der Waals surface area contributed by atoms with Crippen LogP contribution in [0.15, 0.2) is 30.3 Å². The predicted molar refractivity (Wildman–Crippen MR) is 89.2 cm³/mol. The Labute approximate surface area is 169 Å². The van der Waals surface area contributed by atoms with Crippen LogP contribution in [0.5, 0.6) is 0 Å². The van der Waals surface area contributed by atoms with Gasteiger partial charge in [0.15, 0.2) is 0 Å². The van der Waals surface area contributed by atoms with Crippen LogP contribution in [0.3, 0.4) is 0 Å². The largest absolute Gasteiger partial charge is 1.00 e. The summed E-state index contributed by atoms with van der Waals surface area (Å²) in [6.07, 6.45) is 8.93. The third kappa shape index (κ3) is 15.9. The van der Waals surface area contributed by atoms with Crippen molar-refractivity contribution < 1.29 is 46.7 Å². The van der Waals surface area contributed by atoms with Gasteiger partial charge in [-0.2, -0.15) is 0 Å². The molecule has 0 fully saturated rings. The van der Waals surface area contributed by atoms with E-state index in [-0.39, 0.29) is 36.2 Å². The molecule has 126 valence electrons. The van der Waals surface area contributed by atoms with Gasteiger partial charge in [-0.25, -0.2) is 8.42 Å². The molecule has 0 aliphatic carbocycles. The molecule has 0 radical (unpaired) electrons. The summed E-state index contributed by atoms with van der Waals surface area (Å²) >= 11 is 0.614. The van der Waals surface area contributed by atoms with Crippen LogP contribution in [0.2, 0.25) is 5.32 Å². The molecule has 0 aliphatic heterocycles. The quantitative estimate of drug-likeness (QED) is 0.198. The van der Waals surface area contributed by atoms with E-state index < -0.39 is 10.4 Å². The molecule has 1 rings (SSSR count). The fraction of sp³-hybridized carbons (Fsp3) is 0.625. The van der Waals surface area contributed by atoms with E-state index >= 15 is 0 Å². The van der Waals surface area contributed by atoms with Crippen molar-refractivity contribution in [2.24, 2.45) is 0 Å². The van der Waals surface area contributed by atoms with Gasteiger partial charge in [0.1, 0.15) is 0 Å². The Bertz CT molecular complexity index is 482. The molecule has 1 aromatic carbocycles. The third-order valence-electron chi connectivity index (χ3n) is 3.28. The van der Waals surface area contributed by atoms with Crippen molar-refractivity contribution in [3.8, 4) is 0 Å². The molecule has 4 nitrogen and oxygen atoms in total. The second-order valence-corrected chi connectivity index (χ2v) is 8.72. The van der Waals surface area contributed by atoms with E-state index in [0.29, 0.717) is 21.4 Å². The molecule has 23 heavy (non-hydrogen) atoms. The van der Waals surface area contributed by atoms with Gasteiger partial charge in [-0.1, -0.05) is 0 Å². The van der Waals surface area contributed by atoms with Crippen LogP contribution in [0.4, 0.5) is 0 Å². The van der Waals surface area contributed by atoms with Crippen LogP contribution >= 0.6 is 0 Å². The Morgan fingerprint density at radius 3 is 1.96 bits per heavy atom. The van der Waals surface area contributed by atoms with Gasteiger partial charge in [0.25, 0.3) is 0 Å². The maximum atomic E-state index is 10.2. The Morgan fingerprint density at radius 2 is 1.39 bits per heavy atom. The van der Waals surface area contributed by atoms with Gasteiger partial charge in [-0.3, -0.25) is 0 Å². The van der Waals surface area contributed by atoms with Crippen molar-refractivity contribution >= 4 is 29.8 Å². The minimum absolute atomic E-state index is 0. The summed E-state index contributed by atoms with van der Waals surface area (Å²) in [4.78, 5) is 0. The molecular formula is C16H25NaO4SSe. The predicted octanol–water partition coefficient (Wildman–Crippen LogP) is 0.0360. The molecule has 0 aliphatic rings. The summed E-state index contributed by atoms with van der Waals surface area (Å²) in [6.45, 7) is 0.0212. The van der Waals surface area contributed by atoms with Gasteiger partial charge in [-0.15, -0.1) is 0 Å². The summed E-state index contributed by atoms with van der Waals surface area (Å²) in [7, 11) is -4.50. The van der Waals surface area contributed by atoms with E-state index in [1.54, 1.807) is 0 Å². The smallest absolute Gasteiger partial charge is 1.00 e. The minimum atomic E-state index is -4.50. The van der Waals surface area contributed by atoms with Crippen molar-refractivity contribution in [3.05, 3.63) is 30.3 Å². The number of hydrogen-bond acceptors (Lipinski definition) is 4. The van der Waals surface area contributed by atoms with Gasteiger partial charge in [0.2, 0.25) is 0 Å². The standard InChI is InChI=1S/C16H26O4SSe.Na/c17-21(18,19)20-14-10-5-3-1-2-4-6-11-15-22-16-12-8-7-9-13-16;/h7-9,12-13H,1-6,10-11,14-15H2,(H,17,18,19);/q;+1/p-1. The average Bonchev–Trinajstić information content (AvgIpc) is 2.48. The summed E-state index contributed by atoms with van der Waals surface area (Å²) in [5.41, 5.74) is 0. The Kier molecular flexibility index (Phi) is 15.3. The van der Waals surface area contributed by atoms with Crippen molar-refractivity contribution in [1.29, 1.82) is 0 Å². The van der Waals surface area contributed by atoms with Crippen LogP contribution < -0.4 is 34.0 Å². The van der Waals surface area contributed by atoms with Crippen molar-refractivity contribution in [1.82, 2.24) is 0 Å². The molecule has 1 aromatic rings. The second kappa shape index (κ2) is 14.9. The van der Waals surface area contributed by atoms with Gasteiger partial charge >= 0.3 is 157 Å². The fourth-order valence-corrected chi connectivity index (χ4v) is 4.41. The maximum Gasteiger partial charge on any atom is 1.00 e. The van der Waals surface area contributed by atoms with Crippen LogP contribution in [0.25, 0.3) is 0 Å². The van der Waals surface area contributed by atoms with Gasteiger partial charge in [-0.05, 0) is 0 Å². The molecule has 0 atom stereocenters. The fourth-order valence-electron chi connectivity index (χ4n) is 2.13.